The normalized spacial score (nSPS) is 12.8. The van der Waals surface area contributed by atoms with Crippen LogP contribution in [0.25, 0.3) is 11.5 Å². The number of nitrogens with two attached hydrogens (primary N) is 1. The van der Waals surface area contributed by atoms with Crippen molar-refractivity contribution in [1.29, 1.82) is 0 Å². The Balaban J connectivity index is 2.47. The van der Waals surface area contributed by atoms with E-state index in [4.69, 9.17) is 10.2 Å². The topological polar surface area (TPSA) is 64.9 Å². The average Bonchev–Trinajstić information content (AvgIpc) is 2.71. The van der Waals surface area contributed by atoms with Gasteiger partial charge >= 0.3 is 0 Å². The molecule has 1 aromatic carbocycles. The highest BCUT2D eigenvalue weighted by atomic mass is 19.2. The van der Waals surface area contributed by atoms with Gasteiger partial charge in [-0.1, -0.05) is 6.07 Å². The smallest absolute Gasteiger partial charge is 0.250 e. The van der Waals surface area contributed by atoms with Gasteiger partial charge in [0.1, 0.15) is 0 Å². The second kappa shape index (κ2) is 3.97. The molecule has 1 atom stereocenters. The first kappa shape index (κ1) is 10.7. The van der Waals surface area contributed by atoms with E-state index in [9.17, 15) is 8.78 Å². The summed E-state index contributed by atoms with van der Waals surface area (Å²) < 4.78 is 31.4. The number of hydrogen-bond donors (Lipinski definition) is 1. The minimum absolute atomic E-state index is 0.0700. The highest BCUT2D eigenvalue weighted by Crippen LogP contribution is 2.24. The van der Waals surface area contributed by atoms with Gasteiger partial charge in [0.15, 0.2) is 11.6 Å². The van der Waals surface area contributed by atoms with Crippen molar-refractivity contribution < 1.29 is 13.2 Å². The summed E-state index contributed by atoms with van der Waals surface area (Å²) in [5, 5.41) is 7.24. The van der Waals surface area contributed by atoms with Crippen molar-refractivity contribution in [2.24, 2.45) is 5.73 Å². The molecule has 0 fully saturated rings. The molecule has 0 aliphatic carbocycles. The van der Waals surface area contributed by atoms with Crippen LogP contribution in [0.3, 0.4) is 0 Å². The molecule has 84 valence electrons. The summed E-state index contributed by atoms with van der Waals surface area (Å²) >= 11 is 0. The molecule has 2 N–H and O–H groups in total. The fourth-order valence-corrected chi connectivity index (χ4v) is 1.20. The SMILES string of the molecule is CC(N)c1nnc(-c2cccc(F)c2F)o1. The van der Waals surface area contributed by atoms with Gasteiger partial charge < -0.3 is 10.2 Å². The van der Waals surface area contributed by atoms with Gasteiger partial charge in [0.25, 0.3) is 5.89 Å². The van der Waals surface area contributed by atoms with Crippen LogP contribution in [0, 0.1) is 11.6 Å². The highest BCUT2D eigenvalue weighted by molar-refractivity contribution is 5.53. The summed E-state index contributed by atoms with van der Waals surface area (Å²) in [5.41, 5.74) is 5.44. The Morgan fingerprint density at radius 1 is 1.31 bits per heavy atom. The second-order valence-corrected chi connectivity index (χ2v) is 3.34. The zero-order valence-electron chi connectivity index (χ0n) is 8.45. The van der Waals surface area contributed by atoms with Gasteiger partial charge in [-0.15, -0.1) is 10.2 Å². The third-order valence-corrected chi connectivity index (χ3v) is 2.01. The standard InChI is InChI=1S/C10H9F2N3O/c1-5(13)9-14-15-10(16-9)6-3-2-4-7(11)8(6)12/h2-5H,13H2,1H3. The summed E-state index contributed by atoms with van der Waals surface area (Å²) in [5.74, 6) is -1.87. The quantitative estimate of drug-likeness (QED) is 0.849. The number of hydrogen-bond acceptors (Lipinski definition) is 4. The van der Waals surface area contributed by atoms with Crippen LogP contribution in [0.1, 0.15) is 18.9 Å². The fourth-order valence-electron chi connectivity index (χ4n) is 1.20. The maximum absolute atomic E-state index is 13.4. The molecule has 1 aromatic heterocycles. The number of rotatable bonds is 2. The van der Waals surface area contributed by atoms with Gasteiger partial charge in [0.05, 0.1) is 11.6 Å². The highest BCUT2D eigenvalue weighted by Gasteiger charge is 2.16. The fraction of sp³-hybridized carbons (Fsp3) is 0.200. The van der Waals surface area contributed by atoms with Crippen molar-refractivity contribution in [1.82, 2.24) is 10.2 Å². The van der Waals surface area contributed by atoms with Gasteiger partial charge in [-0.3, -0.25) is 0 Å². The molecule has 0 spiro atoms. The van der Waals surface area contributed by atoms with Crippen LogP contribution in [-0.4, -0.2) is 10.2 Å². The predicted molar refractivity (Wildman–Crippen MR) is 52.3 cm³/mol. The van der Waals surface area contributed by atoms with Crippen LogP contribution in [0.15, 0.2) is 22.6 Å². The van der Waals surface area contributed by atoms with E-state index in [1.54, 1.807) is 6.92 Å². The number of halogens is 2. The van der Waals surface area contributed by atoms with Crippen molar-refractivity contribution in [2.75, 3.05) is 0 Å². The molecule has 2 aromatic rings. The Kier molecular flexibility index (Phi) is 2.66. The molecule has 0 saturated heterocycles. The van der Waals surface area contributed by atoms with E-state index < -0.39 is 17.7 Å². The first-order valence-electron chi connectivity index (χ1n) is 4.63. The summed E-state index contributed by atoms with van der Waals surface area (Å²) in [6, 6.07) is 3.29. The minimum atomic E-state index is -1.01. The average molecular weight is 225 g/mol. The molecule has 0 aliphatic heterocycles. The Bertz CT molecular complexity index is 511. The molecule has 2 rings (SSSR count). The Morgan fingerprint density at radius 3 is 2.69 bits per heavy atom. The minimum Gasteiger partial charge on any atom is -0.419 e. The molecule has 1 unspecified atom stereocenters. The zero-order valence-corrected chi connectivity index (χ0v) is 8.45. The van der Waals surface area contributed by atoms with E-state index in [0.717, 1.165) is 6.07 Å². The number of benzene rings is 1. The lowest BCUT2D eigenvalue weighted by Crippen LogP contribution is -2.04. The second-order valence-electron chi connectivity index (χ2n) is 3.34. The molecule has 1 heterocycles. The number of aromatic nitrogens is 2. The van der Waals surface area contributed by atoms with Crippen LogP contribution in [0.4, 0.5) is 8.78 Å². The van der Waals surface area contributed by atoms with Gasteiger partial charge in [-0.25, -0.2) is 8.78 Å². The molecule has 0 radical (unpaired) electrons. The van der Waals surface area contributed by atoms with Crippen molar-refractivity contribution in [3.63, 3.8) is 0 Å². The lowest BCUT2D eigenvalue weighted by molar-refractivity contribution is 0.465. The predicted octanol–water partition coefficient (Wildman–Crippen LogP) is 2.03. The van der Waals surface area contributed by atoms with E-state index >= 15 is 0 Å². The third-order valence-electron chi connectivity index (χ3n) is 2.01. The van der Waals surface area contributed by atoms with Crippen molar-refractivity contribution in [2.45, 2.75) is 13.0 Å². The van der Waals surface area contributed by atoms with E-state index in [-0.39, 0.29) is 17.3 Å². The van der Waals surface area contributed by atoms with E-state index in [2.05, 4.69) is 10.2 Å². The molecular formula is C10H9F2N3O. The van der Waals surface area contributed by atoms with E-state index in [1.165, 1.54) is 12.1 Å². The largest absolute Gasteiger partial charge is 0.419 e. The Labute approximate surface area is 90.1 Å². The molecule has 16 heavy (non-hydrogen) atoms. The summed E-state index contributed by atoms with van der Waals surface area (Å²) in [6.45, 7) is 1.65. The monoisotopic (exact) mass is 225 g/mol. The first-order valence-corrected chi connectivity index (χ1v) is 4.63. The van der Waals surface area contributed by atoms with Gasteiger partial charge in [0, 0.05) is 0 Å². The van der Waals surface area contributed by atoms with Crippen molar-refractivity contribution in [3.05, 3.63) is 35.7 Å². The van der Waals surface area contributed by atoms with Crippen LogP contribution in [0.2, 0.25) is 0 Å². The van der Waals surface area contributed by atoms with Gasteiger partial charge in [0.2, 0.25) is 5.89 Å². The molecule has 6 heteroatoms. The molecule has 4 nitrogen and oxygen atoms in total. The van der Waals surface area contributed by atoms with Crippen LogP contribution in [-0.2, 0) is 0 Å². The van der Waals surface area contributed by atoms with Crippen LogP contribution < -0.4 is 5.73 Å². The van der Waals surface area contributed by atoms with Crippen molar-refractivity contribution >= 4 is 0 Å². The third kappa shape index (κ3) is 1.79. The maximum atomic E-state index is 13.4. The van der Waals surface area contributed by atoms with E-state index in [1.807, 2.05) is 0 Å². The molecule has 0 saturated carbocycles. The van der Waals surface area contributed by atoms with Crippen LogP contribution >= 0.6 is 0 Å². The maximum Gasteiger partial charge on any atom is 0.250 e. The molecule has 0 aliphatic rings. The van der Waals surface area contributed by atoms with Gasteiger partial charge in [-0.2, -0.15) is 0 Å². The molecule has 0 bridgehead atoms. The lowest BCUT2D eigenvalue weighted by atomic mass is 10.2. The summed E-state index contributed by atoms with van der Waals surface area (Å²) in [7, 11) is 0. The lowest BCUT2D eigenvalue weighted by Gasteiger charge is -1.98. The Morgan fingerprint density at radius 2 is 2.06 bits per heavy atom. The van der Waals surface area contributed by atoms with Crippen molar-refractivity contribution in [3.8, 4) is 11.5 Å². The van der Waals surface area contributed by atoms with Crippen LogP contribution in [0.5, 0.6) is 0 Å². The first-order chi connectivity index (χ1) is 7.59. The zero-order chi connectivity index (χ0) is 11.7. The number of nitrogens with zero attached hydrogens (tertiary/aromatic N) is 2. The Hall–Kier alpha value is -1.82. The molecule has 0 amide bonds. The van der Waals surface area contributed by atoms with Gasteiger partial charge in [-0.05, 0) is 19.1 Å². The summed E-state index contributed by atoms with van der Waals surface area (Å²) in [6.07, 6.45) is 0. The molecular weight excluding hydrogens is 216 g/mol. The van der Waals surface area contributed by atoms with E-state index in [0.29, 0.717) is 0 Å². The summed E-state index contributed by atoms with van der Waals surface area (Å²) in [4.78, 5) is 0.